The maximum Gasteiger partial charge on any atom is 0.362 e. The summed E-state index contributed by atoms with van der Waals surface area (Å²) in [5, 5.41) is 16.5. The summed E-state index contributed by atoms with van der Waals surface area (Å²) in [6.07, 6.45) is 0.795. The van der Waals surface area contributed by atoms with Crippen molar-refractivity contribution in [3.05, 3.63) is 11.1 Å². The van der Waals surface area contributed by atoms with Crippen LogP contribution >= 0.6 is 11.3 Å². The summed E-state index contributed by atoms with van der Waals surface area (Å²) >= 11 is 0.957. The highest BCUT2D eigenvalue weighted by Gasteiger charge is 2.55. The molecule has 15 nitrogen and oxygen atoms in total. The lowest BCUT2D eigenvalue weighted by molar-refractivity contribution is -0.161. The second-order valence-corrected chi connectivity index (χ2v) is 10.2. The number of aromatic nitrogens is 1. The smallest absolute Gasteiger partial charge is 0.362 e. The van der Waals surface area contributed by atoms with Crippen molar-refractivity contribution in [3.8, 4) is 0 Å². The molecule has 0 aromatic carbocycles. The van der Waals surface area contributed by atoms with Crippen molar-refractivity contribution in [1.82, 2.24) is 19.5 Å². The first-order valence-electron chi connectivity index (χ1n) is 9.82. The van der Waals surface area contributed by atoms with Crippen molar-refractivity contribution in [1.29, 1.82) is 0 Å². The van der Waals surface area contributed by atoms with E-state index in [0.29, 0.717) is 13.0 Å². The fourth-order valence-corrected chi connectivity index (χ4v) is 4.69. The summed E-state index contributed by atoms with van der Waals surface area (Å²) in [5.41, 5.74) is 3.18. The molecular formula is C17H22N6O9S2. The summed E-state index contributed by atoms with van der Waals surface area (Å²) in [5.74, 6) is -3.81. The third kappa shape index (κ3) is 5.10. The van der Waals surface area contributed by atoms with Gasteiger partial charge < -0.3 is 25.9 Å². The number of carbonyl (C=O) groups is 4. The largest absolute Gasteiger partial charge is 0.478 e. The lowest BCUT2D eigenvalue weighted by Gasteiger charge is -2.45. The van der Waals surface area contributed by atoms with Crippen molar-refractivity contribution in [2.75, 3.05) is 18.8 Å². The number of hydrogen-bond donors (Lipinski definition) is 4. The zero-order chi connectivity index (χ0) is 25.4. The summed E-state index contributed by atoms with van der Waals surface area (Å²) in [6, 6.07) is -2.71. The highest BCUT2D eigenvalue weighted by molar-refractivity contribution is 7.84. The minimum absolute atomic E-state index is 0.0655. The van der Waals surface area contributed by atoms with Crippen molar-refractivity contribution in [3.63, 3.8) is 0 Å². The third-order valence-corrected chi connectivity index (χ3v) is 6.76. The van der Waals surface area contributed by atoms with E-state index in [1.165, 1.54) is 24.1 Å². The van der Waals surface area contributed by atoms with E-state index in [9.17, 15) is 37.3 Å². The molecule has 2 aliphatic rings. The Hall–Kier alpha value is -3.31. The average molecular weight is 519 g/mol. The molecule has 34 heavy (non-hydrogen) atoms. The van der Waals surface area contributed by atoms with Crippen LogP contribution in [-0.4, -0.2) is 92.4 Å². The number of β-lactam (4-membered cyclic amide) rings is 1. The van der Waals surface area contributed by atoms with Gasteiger partial charge in [-0.05, 0) is 20.3 Å². The molecule has 5 N–H and O–H groups in total. The number of rotatable bonds is 9. The molecule has 0 aliphatic carbocycles. The van der Waals surface area contributed by atoms with E-state index < -0.39 is 51.5 Å². The Kier molecular flexibility index (Phi) is 6.81. The molecule has 17 heteroatoms. The second kappa shape index (κ2) is 9.15. The van der Waals surface area contributed by atoms with Gasteiger partial charge in [-0.15, -0.1) is 11.3 Å². The van der Waals surface area contributed by atoms with Crippen molar-refractivity contribution in [2.24, 2.45) is 5.16 Å². The van der Waals surface area contributed by atoms with Crippen molar-refractivity contribution < 1.29 is 42.1 Å². The highest BCUT2D eigenvalue weighted by Crippen LogP contribution is 2.26. The zero-order valence-corrected chi connectivity index (χ0v) is 19.6. The Bertz CT molecular complexity index is 1160. The van der Waals surface area contributed by atoms with E-state index in [2.05, 4.69) is 15.5 Å². The first-order valence-corrected chi connectivity index (χ1v) is 12.1. The number of thiazole rings is 1. The van der Waals surface area contributed by atoms with Gasteiger partial charge in [0.25, 0.3) is 11.8 Å². The van der Waals surface area contributed by atoms with Crippen LogP contribution in [0.4, 0.5) is 5.13 Å². The first-order chi connectivity index (χ1) is 15.7. The monoisotopic (exact) mass is 518 g/mol. The molecule has 1 unspecified atom stereocenters. The molecule has 2 saturated heterocycles. The van der Waals surface area contributed by atoms with E-state index in [4.69, 9.17) is 10.6 Å². The lowest BCUT2D eigenvalue weighted by Crippen LogP contribution is -2.74. The van der Waals surface area contributed by atoms with E-state index in [-0.39, 0.29) is 34.0 Å². The molecule has 1 aromatic heterocycles. The summed E-state index contributed by atoms with van der Waals surface area (Å²) in [7, 11) is -4.95. The molecule has 0 spiro atoms. The number of aliphatic carboxylic acids is 1. The number of nitrogens with zero attached hydrogens (tertiary/aromatic N) is 4. The number of carboxylic acid groups (broad SMARTS) is 1. The van der Waals surface area contributed by atoms with Gasteiger partial charge in [0, 0.05) is 24.9 Å². The van der Waals surface area contributed by atoms with Gasteiger partial charge in [0.15, 0.2) is 10.8 Å². The Morgan fingerprint density at radius 1 is 1.41 bits per heavy atom. The van der Waals surface area contributed by atoms with Crippen molar-refractivity contribution >= 4 is 56.2 Å². The van der Waals surface area contributed by atoms with Crippen LogP contribution in [0, 0.1) is 0 Å². The minimum Gasteiger partial charge on any atom is -0.478 e. The molecule has 2 fully saturated rings. The molecule has 3 rings (SSSR count). The molecule has 0 radical (unpaired) electrons. The van der Waals surface area contributed by atoms with Crippen LogP contribution in [-0.2, 0) is 34.3 Å². The fourth-order valence-electron chi connectivity index (χ4n) is 3.27. The number of oxime groups is 1. The molecule has 0 bridgehead atoms. The normalized spacial score (nSPS) is 21.4. The Balaban J connectivity index is 1.87. The Labute approximate surface area is 197 Å². The minimum atomic E-state index is -4.95. The first kappa shape index (κ1) is 25.3. The lowest BCUT2D eigenvalue weighted by atomic mass is 9.97. The second-order valence-electron chi connectivity index (χ2n) is 7.99. The van der Waals surface area contributed by atoms with Gasteiger partial charge in [0.2, 0.25) is 11.5 Å². The predicted octanol–water partition coefficient (Wildman–Crippen LogP) is -1.57. The Morgan fingerprint density at radius 3 is 2.59 bits per heavy atom. The van der Waals surface area contributed by atoms with E-state index in [0.717, 1.165) is 11.3 Å². The fraction of sp³-hybridized carbons (Fsp3) is 0.529. The summed E-state index contributed by atoms with van der Waals surface area (Å²) in [6.45, 7) is 2.46. The number of nitrogen functional groups attached to an aromatic ring is 1. The van der Waals surface area contributed by atoms with Gasteiger partial charge in [-0.3, -0.25) is 18.9 Å². The molecule has 2 atom stereocenters. The zero-order valence-electron chi connectivity index (χ0n) is 18.0. The molecule has 3 heterocycles. The number of carbonyl (C=O) groups excluding carboxylic acids is 3. The number of amides is 3. The van der Waals surface area contributed by atoms with Gasteiger partial charge in [-0.2, -0.15) is 8.42 Å². The van der Waals surface area contributed by atoms with E-state index in [1.54, 1.807) is 0 Å². The van der Waals surface area contributed by atoms with Crippen LogP contribution in [0.15, 0.2) is 10.5 Å². The van der Waals surface area contributed by atoms with Crippen LogP contribution in [0.2, 0.25) is 0 Å². The van der Waals surface area contributed by atoms with Crippen LogP contribution < -0.4 is 11.1 Å². The van der Waals surface area contributed by atoms with Gasteiger partial charge in [-0.25, -0.2) is 14.1 Å². The van der Waals surface area contributed by atoms with Crippen molar-refractivity contribution in [2.45, 2.75) is 44.4 Å². The standard InChI is InChI=1S/C17H22N6O9S2/c1-17(2,15(27)28)32-21-11(8-7-33-16(18)19-8)13(25)20-12-9(6-22-5-3-4-10(22)24)23(14(12)26)34(29,30)31/h7,9,12H,3-6H2,1-2H3,(H2,18,19)(H,20,25)(H,27,28)(H,29,30,31)/b21-11-/t9-,12?/m1/s1. The maximum absolute atomic E-state index is 13.0. The number of nitrogens with two attached hydrogens (primary N) is 1. The Morgan fingerprint density at radius 2 is 2.09 bits per heavy atom. The maximum atomic E-state index is 13.0. The van der Waals surface area contributed by atoms with Crippen LogP contribution in [0.25, 0.3) is 0 Å². The summed E-state index contributed by atoms with van der Waals surface area (Å²) in [4.78, 5) is 58.9. The number of anilines is 1. The topological polar surface area (TPSA) is 222 Å². The number of nitrogens with one attached hydrogen (secondary N) is 1. The molecule has 3 amide bonds. The van der Waals surface area contributed by atoms with Crippen LogP contribution in [0.1, 0.15) is 32.4 Å². The molecular weight excluding hydrogens is 496 g/mol. The van der Waals surface area contributed by atoms with E-state index in [1.807, 2.05) is 0 Å². The third-order valence-electron chi connectivity index (χ3n) is 5.14. The quantitative estimate of drug-likeness (QED) is 0.126. The number of likely N-dealkylation sites (tertiary alicyclic amines) is 1. The van der Waals surface area contributed by atoms with Gasteiger partial charge >= 0.3 is 16.3 Å². The van der Waals surface area contributed by atoms with Gasteiger partial charge in [0.1, 0.15) is 11.7 Å². The molecule has 186 valence electrons. The highest BCUT2D eigenvalue weighted by atomic mass is 32.2. The predicted molar refractivity (Wildman–Crippen MR) is 116 cm³/mol. The number of hydrogen-bond acceptors (Lipinski definition) is 11. The average Bonchev–Trinajstić information content (AvgIpc) is 3.32. The molecule has 1 aromatic rings. The van der Waals surface area contributed by atoms with Crippen LogP contribution in [0.3, 0.4) is 0 Å². The summed E-state index contributed by atoms with van der Waals surface area (Å²) < 4.78 is 33.0. The van der Waals surface area contributed by atoms with E-state index >= 15 is 0 Å². The van der Waals surface area contributed by atoms with Gasteiger partial charge in [0.05, 0.1) is 6.04 Å². The SMILES string of the molecule is CC(C)(O/N=C(\C(=O)NC1C(=O)N(S(=O)(=O)O)[C@@H]1CN1CCCC1=O)c1csc(N)n1)C(=O)O. The van der Waals surface area contributed by atoms with Crippen LogP contribution in [0.5, 0.6) is 0 Å². The van der Waals surface area contributed by atoms with Gasteiger partial charge in [-0.1, -0.05) is 5.16 Å². The molecule has 2 aliphatic heterocycles. The molecule has 0 saturated carbocycles. The number of carboxylic acids is 1.